The van der Waals surface area contributed by atoms with E-state index in [-0.39, 0.29) is 18.4 Å². The van der Waals surface area contributed by atoms with E-state index in [1.54, 1.807) is 36.0 Å². The summed E-state index contributed by atoms with van der Waals surface area (Å²) in [6.45, 7) is 0.457. The van der Waals surface area contributed by atoms with Crippen molar-refractivity contribution in [2.75, 3.05) is 19.3 Å². The van der Waals surface area contributed by atoms with Crippen molar-refractivity contribution in [3.63, 3.8) is 0 Å². The molecule has 0 aliphatic heterocycles. The lowest BCUT2D eigenvalue weighted by molar-refractivity contribution is -0.120. The second-order valence-corrected chi connectivity index (χ2v) is 8.27. The quantitative estimate of drug-likeness (QED) is 0.466. The Hall–Kier alpha value is -2.06. The zero-order chi connectivity index (χ0) is 20.6. The average Bonchev–Trinajstić information content (AvgIpc) is 3.38. The molecule has 1 aliphatic rings. The minimum atomic E-state index is -0.322. The van der Waals surface area contributed by atoms with Gasteiger partial charge in [-0.05, 0) is 43.7 Å². The van der Waals surface area contributed by atoms with Crippen molar-refractivity contribution in [1.82, 2.24) is 25.4 Å². The molecule has 3 rings (SSSR count). The predicted octanol–water partition coefficient (Wildman–Crippen LogP) is 3.25. The lowest BCUT2D eigenvalue weighted by Crippen LogP contribution is -2.37. The monoisotopic (exact) mass is 435 g/mol. The van der Waals surface area contributed by atoms with Crippen LogP contribution in [0.2, 0.25) is 5.02 Å². The zero-order valence-electron chi connectivity index (χ0n) is 16.5. The summed E-state index contributed by atoms with van der Waals surface area (Å²) < 4.78 is 2.28. The molecular weight excluding hydrogens is 410 g/mol. The van der Waals surface area contributed by atoms with Gasteiger partial charge in [-0.15, -0.1) is 10.2 Å². The molecule has 2 N–H and O–H groups in total. The molecular formula is C20H26ClN5O2S. The normalized spacial score (nSPS) is 14.1. The van der Waals surface area contributed by atoms with Gasteiger partial charge in [-0.3, -0.25) is 9.59 Å². The van der Waals surface area contributed by atoms with Gasteiger partial charge in [0.25, 0.3) is 5.91 Å². The maximum Gasteiger partial charge on any atom is 0.251 e. The Bertz CT molecular complexity index is 851. The third-order valence-electron chi connectivity index (χ3n) is 5.00. The van der Waals surface area contributed by atoms with Gasteiger partial charge in [-0.25, -0.2) is 0 Å². The highest BCUT2D eigenvalue weighted by Crippen LogP contribution is 2.33. The lowest BCUT2D eigenvalue weighted by Gasteiger charge is -2.16. The molecule has 29 heavy (non-hydrogen) atoms. The number of aromatic nitrogens is 3. The highest BCUT2D eigenvalue weighted by atomic mass is 35.5. The number of benzene rings is 1. The Morgan fingerprint density at radius 3 is 2.76 bits per heavy atom. The second-order valence-electron chi connectivity index (χ2n) is 7.06. The van der Waals surface area contributed by atoms with Crippen LogP contribution < -0.4 is 10.6 Å². The van der Waals surface area contributed by atoms with Crippen molar-refractivity contribution >= 4 is 35.2 Å². The van der Waals surface area contributed by atoms with Gasteiger partial charge in [0, 0.05) is 29.6 Å². The van der Waals surface area contributed by atoms with Gasteiger partial charge in [0.15, 0.2) is 5.16 Å². The van der Waals surface area contributed by atoms with Crippen LogP contribution in [0.4, 0.5) is 0 Å². The molecule has 1 aliphatic carbocycles. The number of carbonyl (C=O) groups excluding carboxylic acids is 2. The highest BCUT2D eigenvalue weighted by Gasteiger charge is 2.23. The van der Waals surface area contributed by atoms with E-state index in [9.17, 15) is 9.59 Å². The molecule has 1 heterocycles. The van der Waals surface area contributed by atoms with Crippen LogP contribution in [0, 0.1) is 0 Å². The molecule has 1 fully saturated rings. The minimum Gasteiger partial charge on any atom is -0.355 e. The van der Waals surface area contributed by atoms with Crippen molar-refractivity contribution in [2.24, 2.45) is 0 Å². The van der Waals surface area contributed by atoms with E-state index in [4.69, 9.17) is 11.6 Å². The smallest absolute Gasteiger partial charge is 0.251 e. The molecule has 2 aromatic rings. The molecule has 1 aromatic carbocycles. The Morgan fingerprint density at radius 2 is 2.03 bits per heavy atom. The first-order valence-corrected chi connectivity index (χ1v) is 11.5. The number of hydrogen-bond donors (Lipinski definition) is 2. The number of thioether (sulfide) groups is 1. The van der Waals surface area contributed by atoms with E-state index in [0.29, 0.717) is 23.2 Å². The average molecular weight is 436 g/mol. The largest absolute Gasteiger partial charge is 0.355 e. The van der Waals surface area contributed by atoms with Crippen LogP contribution in [-0.2, 0) is 11.2 Å². The van der Waals surface area contributed by atoms with E-state index in [1.165, 1.54) is 25.7 Å². The van der Waals surface area contributed by atoms with Gasteiger partial charge in [-0.1, -0.05) is 42.3 Å². The summed E-state index contributed by atoms with van der Waals surface area (Å²) >= 11 is 7.50. The SMILES string of the molecule is CSc1nnc(CCCNC(=O)CNC(=O)c2cccc(Cl)c2)n1C1CCCC1. The molecule has 0 bridgehead atoms. The number of nitrogens with one attached hydrogen (secondary N) is 2. The van der Waals surface area contributed by atoms with Crippen LogP contribution >= 0.6 is 23.4 Å². The second kappa shape index (κ2) is 10.6. The zero-order valence-corrected chi connectivity index (χ0v) is 18.1. The van der Waals surface area contributed by atoms with E-state index in [1.807, 2.05) is 6.26 Å². The first-order valence-electron chi connectivity index (χ1n) is 9.86. The Kier molecular flexibility index (Phi) is 7.94. The van der Waals surface area contributed by atoms with Crippen molar-refractivity contribution in [3.05, 3.63) is 40.7 Å². The molecule has 0 atom stereocenters. The number of aryl methyl sites for hydroxylation is 1. The summed E-state index contributed by atoms with van der Waals surface area (Å²) in [5.74, 6) is 0.448. The fraction of sp³-hybridized carbons (Fsp3) is 0.500. The van der Waals surface area contributed by atoms with E-state index in [0.717, 1.165) is 23.8 Å². The highest BCUT2D eigenvalue weighted by molar-refractivity contribution is 7.98. The van der Waals surface area contributed by atoms with Crippen LogP contribution in [0.25, 0.3) is 0 Å². The molecule has 9 heteroatoms. The summed E-state index contributed by atoms with van der Waals surface area (Å²) in [6, 6.07) is 7.12. The Morgan fingerprint density at radius 1 is 1.24 bits per heavy atom. The number of nitrogens with zero attached hydrogens (tertiary/aromatic N) is 3. The maximum absolute atomic E-state index is 12.0. The lowest BCUT2D eigenvalue weighted by atomic mass is 10.2. The molecule has 7 nitrogen and oxygen atoms in total. The molecule has 0 saturated heterocycles. The molecule has 0 unspecified atom stereocenters. The van der Waals surface area contributed by atoms with Crippen LogP contribution in [0.15, 0.2) is 29.4 Å². The van der Waals surface area contributed by atoms with Gasteiger partial charge in [0.2, 0.25) is 5.91 Å². The van der Waals surface area contributed by atoms with E-state index >= 15 is 0 Å². The minimum absolute atomic E-state index is 0.0692. The number of hydrogen-bond acceptors (Lipinski definition) is 5. The van der Waals surface area contributed by atoms with Gasteiger partial charge >= 0.3 is 0 Å². The topological polar surface area (TPSA) is 88.9 Å². The predicted molar refractivity (Wildman–Crippen MR) is 114 cm³/mol. The Labute approximate surface area is 180 Å². The first kappa shape index (κ1) is 21.6. The van der Waals surface area contributed by atoms with Crippen molar-refractivity contribution in [3.8, 4) is 0 Å². The third-order valence-corrected chi connectivity index (χ3v) is 5.88. The Balaban J connectivity index is 1.41. The van der Waals surface area contributed by atoms with Gasteiger partial charge in [-0.2, -0.15) is 0 Å². The van der Waals surface area contributed by atoms with Crippen LogP contribution in [-0.4, -0.2) is 45.9 Å². The molecule has 0 radical (unpaired) electrons. The number of amides is 2. The summed E-state index contributed by atoms with van der Waals surface area (Å²) in [6.07, 6.45) is 8.44. The maximum atomic E-state index is 12.0. The van der Waals surface area contributed by atoms with Gasteiger partial charge in [0.1, 0.15) is 5.82 Å². The van der Waals surface area contributed by atoms with Crippen LogP contribution in [0.3, 0.4) is 0 Å². The molecule has 1 aromatic heterocycles. The first-order chi connectivity index (χ1) is 14.1. The van der Waals surface area contributed by atoms with Crippen molar-refractivity contribution in [2.45, 2.75) is 49.7 Å². The van der Waals surface area contributed by atoms with Gasteiger partial charge in [0.05, 0.1) is 6.54 Å². The fourth-order valence-electron chi connectivity index (χ4n) is 3.58. The van der Waals surface area contributed by atoms with Gasteiger partial charge < -0.3 is 15.2 Å². The third kappa shape index (κ3) is 5.96. The van der Waals surface area contributed by atoms with Crippen molar-refractivity contribution in [1.29, 1.82) is 0 Å². The molecule has 156 valence electrons. The number of halogens is 1. The van der Waals surface area contributed by atoms with Crippen molar-refractivity contribution < 1.29 is 9.59 Å². The fourth-order valence-corrected chi connectivity index (χ4v) is 4.34. The molecule has 1 saturated carbocycles. The van der Waals surface area contributed by atoms with Crippen LogP contribution in [0.1, 0.15) is 54.3 Å². The number of rotatable bonds is 9. The van der Waals surface area contributed by atoms with Crippen LogP contribution in [0.5, 0.6) is 0 Å². The molecule has 2 amide bonds. The summed E-state index contributed by atoms with van der Waals surface area (Å²) in [7, 11) is 0. The number of carbonyl (C=O) groups is 2. The van der Waals surface area contributed by atoms with E-state index in [2.05, 4.69) is 25.4 Å². The molecule has 0 spiro atoms. The summed E-state index contributed by atoms with van der Waals surface area (Å²) in [4.78, 5) is 24.0. The standard InChI is InChI=1S/C20H26ClN5O2S/c1-29-20-25-24-17(26(20)16-8-2-3-9-16)10-5-11-22-18(27)13-23-19(28)14-6-4-7-15(21)12-14/h4,6-7,12,16H,2-3,5,8-11,13H2,1H3,(H,22,27)(H,23,28). The summed E-state index contributed by atoms with van der Waals surface area (Å²) in [5, 5.41) is 15.6. The van der Waals surface area contributed by atoms with E-state index < -0.39 is 0 Å². The summed E-state index contributed by atoms with van der Waals surface area (Å²) in [5.41, 5.74) is 0.432.